The Morgan fingerprint density at radius 1 is 1.14 bits per heavy atom. The SMILES string of the molecule is Cn1ccnc1CN1C[C@H]2CC[C@H](Cc3ccccn3)[C@H]2C1. The van der Waals surface area contributed by atoms with Crippen LogP contribution in [0.15, 0.2) is 36.8 Å². The monoisotopic (exact) mass is 296 g/mol. The van der Waals surface area contributed by atoms with Crippen molar-refractivity contribution in [2.45, 2.75) is 25.8 Å². The molecule has 116 valence electrons. The van der Waals surface area contributed by atoms with Gasteiger partial charge in [0.2, 0.25) is 0 Å². The van der Waals surface area contributed by atoms with Crippen LogP contribution >= 0.6 is 0 Å². The summed E-state index contributed by atoms with van der Waals surface area (Å²) in [6.07, 6.45) is 9.77. The second-order valence-electron chi connectivity index (χ2n) is 6.94. The van der Waals surface area contributed by atoms with E-state index in [2.05, 4.69) is 38.6 Å². The van der Waals surface area contributed by atoms with Crippen molar-refractivity contribution in [1.29, 1.82) is 0 Å². The molecule has 0 amide bonds. The summed E-state index contributed by atoms with van der Waals surface area (Å²) in [6, 6.07) is 6.29. The molecule has 3 atom stereocenters. The number of imidazole rings is 1. The molecular formula is C18H24N4. The first-order chi connectivity index (χ1) is 10.8. The van der Waals surface area contributed by atoms with Gasteiger partial charge >= 0.3 is 0 Å². The van der Waals surface area contributed by atoms with Gasteiger partial charge in [0, 0.05) is 44.4 Å². The molecule has 0 N–H and O–H groups in total. The lowest BCUT2D eigenvalue weighted by molar-refractivity contribution is 0.273. The Morgan fingerprint density at radius 3 is 2.86 bits per heavy atom. The number of pyridine rings is 1. The molecule has 3 heterocycles. The van der Waals surface area contributed by atoms with E-state index in [1.807, 2.05) is 24.7 Å². The topological polar surface area (TPSA) is 34.0 Å². The van der Waals surface area contributed by atoms with E-state index in [1.165, 1.54) is 37.4 Å². The van der Waals surface area contributed by atoms with Crippen LogP contribution in [-0.2, 0) is 20.0 Å². The summed E-state index contributed by atoms with van der Waals surface area (Å²) in [7, 11) is 2.09. The van der Waals surface area contributed by atoms with Crippen LogP contribution in [0.2, 0.25) is 0 Å². The molecule has 1 saturated heterocycles. The fraction of sp³-hybridized carbons (Fsp3) is 0.556. The molecule has 1 aliphatic carbocycles. The predicted molar refractivity (Wildman–Crippen MR) is 86.1 cm³/mol. The molecule has 1 saturated carbocycles. The van der Waals surface area contributed by atoms with Crippen LogP contribution in [-0.4, -0.2) is 32.5 Å². The quantitative estimate of drug-likeness (QED) is 0.869. The molecule has 2 aromatic rings. The molecule has 4 rings (SSSR count). The van der Waals surface area contributed by atoms with Crippen LogP contribution in [0.4, 0.5) is 0 Å². The number of fused-ring (bicyclic) bond motifs is 1. The van der Waals surface area contributed by atoms with Gasteiger partial charge in [-0.25, -0.2) is 4.98 Å². The molecular weight excluding hydrogens is 272 g/mol. The molecule has 0 bridgehead atoms. The highest BCUT2D eigenvalue weighted by atomic mass is 15.2. The van der Waals surface area contributed by atoms with Crippen molar-refractivity contribution in [2.24, 2.45) is 24.8 Å². The predicted octanol–water partition coefficient (Wildman–Crippen LogP) is 2.52. The maximum atomic E-state index is 4.52. The van der Waals surface area contributed by atoms with Gasteiger partial charge in [0.1, 0.15) is 5.82 Å². The highest BCUT2D eigenvalue weighted by Crippen LogP contribution is 2.43. The van der Waals surface area contributed by atoms with Crippen molar-refractivity contribution >= 4 is 0 Å². The van der Waals surface area contributed by atoms with E-state index in [0.29, 0.717) is 0 Å². The lowest BCUT2D eigenvalue weighted by atomic mass is 9.89. The number of likely N-dealkylation sites (tertiary alicyclic amines) is 1. The van der Waals surface area contributed by atoms with E-state index >= 15 is 0 Å². The van der Waals surface area contributed by atoms with Crippen molar-refractivity contribution in [1.82, 2.24) is 19.4 Å². The number of nitrogens with zero attached hydrogens (tertiary/aromatic N) is 4. The van der Waals surface area contributed by atoms with Gasteiger partial charge in [0.15, 0.2) is 0 Å². The van der Waals surface area contributed by atoms with Crippen LogP contribution in [0.25, 0.3) is 0 Å². The van der Waals surface area contributed by atoms with Crippen molar-refractivity contribution in [2.75, 3.05) is 13.1 Å². The Kier molecular flexibility index (Phi) is 3.70. The van der Waals surface area contributed by atoms with E-state index in [0.717, 1.165) is 30.7 Å². The van der Waals surface area contributed by atoms with Crippen LogP contribution in [0.5, 0.6) is 0 Å². The summed E-state index contributed by atoms with van der Waals surface area (Å²) in [4.78, 5) is 11.6. The Labute approximate surface area is 132 Å². The summed E-state index contributed by atoms with van der Waals surface area (Å²) < 4.78 is 2.14. The highest BCUT2D eigenvalue weighted by molar-refractivity contribution is 5.07. The number of aryl methyl sites for hydroxylation is 1. The largest absolute Gasteiger partial charge is 0.337 e. The number of rotatable bonds is 4. The van der Waals surface area contributed by atoms with Crippen LogP contribution in [0.3, 0.4) is 0 Å². The molecule has 0 aromatic carbocycles. The fourth-order valence-corrected chi connectivity index (χ4v) is 4.39. The Balaban J connectivity index is 1.40. The zero-order chi connectivity index (χ0) is 14.9. The third-order valence-electron chi connectivity index (χ3n) is 5.56. The van der Waals surface area contributed by atoms with Gasteiger partial charge in [-0.2, -0.15) is 0 Å². The molecule has 0 spiro atoms. The molecule has 4 nitrogen and oxygen atoms in total. The highest BCUT2D eigenvalue weighted by Gasteiger charge is 2.42. The Hall–Kier alpha value is -1.68. The fourth-order valence-electron chi connectivity index (χ4n) is 4.39. The summed E-state index contributed by atoms with van der Waals surface area (Å²) in [5.41, 5.74) is 1.26. The second-order valence-corrected chi connectivity index (χ2v) is 6.94. The first-order valence-electron chi connectivity index (χ1n) is 8.38. The van der Waals surface area contributed by atoms with Crippen LogP contribution in [0, 0.1) is 17.8 Å². The smallest absolute Gasteiger partial charge is 0.122 e. The van der Waals surface area contributed by atoms with Crippen molar-refractivity contribution < 1.29 is 0 Å². The molecule has 2 fully saturated rings. The Bertz CT molecular complexity index is 621. The zero-order valence-electron chi connectivity index (χ0n) is 13.2. The van der Waals surface area contributed by atoms with E-state index in [4.69, 9.17) is 0 Å². The van der Waals surface area contributed by atoms with Gasteiger partial charge in [-0.3, -0.25) is 9.88 Å². The minimum absolute atomic E-state index is 0.811. The van der Waals surface area contributed by atoms with Gasteiger partial charge < -0.3 is 4.57 Å². The van der Waals surface area contributed by atoms with Crippen molar-refractivity contribution in [3.05, 3.63) is 48.3 Å². The summed E-state index contributed by atoms with van der Waals surface area (Å²) >= 11 is 0. The van der Waals surface area contributed by atoms with Crippen LogP contribution in [0.1, 0.15) is 24.4 Å². The lowest BCUT2D eigenvalue weighted by Crippen LogP contribution is -2.24. The first kappa shape index (κ1) is 13.9. The lowest BCUT2D eigenvalue weighted by Gasteiger charge is -2.20. The van der Waals surface area contributed by atoms with E-state index in [-0.39, 0.29) is 0 Å². The number of hydrogen-bond acceptors (Lipinski definition) is 3. The van der Waals surface area contributed by atoms with Gasteiger partial charge in [-0.05, 0) is 49.1 Å². The second kappa shape index (κ2) is 5.84. The average Bonchev–Trinajstić information content (AvgIpc) is 3.20. The van der Waals surface area contributed by atoms with Gasteiger partial charge in [-0.1, -0.05) is 6.07 Å². The minimum atomic E-state index is 0.811. The maximum absolute atomic E-state index is 4.52. The third-order valence-corrected chi connectivity index (χ3v) is 5.56. The molecule has 0 unspecified atom stereocenters. The van der Waals surface area contributed by atoms with Crippen molar-refractivity contribution in [3.63, 3.8) is 0 Å². The first-order valence-corrected chi connectivity index (χ1v) is 8.38. The molecule has 1 aliphatic heterocycles. The zero-order valence-corrected chi connectivity index (χ0v) is 13.2. The number of aromatic nitrogens is 3. The number of hydrogen-bond donors (Lipinski definition) is 0. The summed E-state index contributed by atoms with van der Waals surface area (Å²) in [5.74, 6) is 3.73. The Morgan fingerprint density at radius 2 is 2.09 bits per heavy atom. The summed E-state index contributed by atoms with van der Waals surface area (Å²) in [6.45, 7) is 3.47. The molecule has 2 aromatic heterocycles. The molecule has 22 heavy (non-hydrogen) atoms. The third kappa shape index (κ3) is 2.68. The molecule has 4 heteroatoms. The van der Waals surface area contributed by atoms with Crippen LogP contribution < -0.4 is 0 Å². The summed E-state index contributed by atoms with van der Waals surface area (Å²) in [5, 5.41) is 0. The van der Waals surface area contributed by atoms with Gasteiger partial charge in [0.05, 0.1) is 6.54 Å². The van der Waals surface area contributed by atoms with E-state index < -0.39 is 0 Å². The minimum Gasteiger partial charge on any atom is -0.337 e. The molecule has 2 aliphatic rings. The van der Waals surface area contributed by atoms with Gasteiger partial charge in [-0.15, -0.1) is 0 Å². The van der Waals surface area contributed by atoms with E-state index in [1.54, 1.807) is 0 Å². The standard InChI is InChI=1S/C18H24N4/c1-21-9-8-20-18(21)13-22-11-15-6-5-14(17(15)12-22)10-16-4-2-3-7-19-16/h2-4,7-9,14-15,17H,5-6,10-13H2,1H3/t14-,15-,17-/m1/s1. The molecule has 0 radical (unpaired) electrons. The normalized spacial score (nSPS) is 28.1. The van der Waals surface area contributed by atoms with E-state index in [9.17, 15) is 0 Å². The average molecular weight is 296 g/mol. The van der Waals surface area contributed by atoms with Gasteiger partial charge in [0.25, 0.3) is 0 Å². The van der Waals surface area contributed by atoms with Crippen molar-refractivity contribution in [3.8, 4) is 0 Å². The maximum Gasteiger partial charge on any atom is 0.122 e.